The van der Waals surface area contributed by atoms with E-state index in [9.17, 15) is 5.11 Å². The van der Waals surface area contributed by atoms with Gasteiger partial charge in [0.05, 0.1) is 6.10 Å². The molecule has 1 atom stereocenters. The molecule has 0 amide bonds. The number of aliphatic hydroxyl groups excluding tert-OH is 2. The zero-order valence-electron chi connectivity index (χ0n) is 6.73. The van der Waals surface area contributed by atoms with Gasteiger partial charge in [-0.05, 0) is 19.1 Å². The maximum absolute atomic E-state index is 9.18. The normalized spacial score (nSPS) is 24.3. The van der Waals surface area contributed by atoms with Crippen LogP contribution in [0, 0.1) is 0 Å². The molecule has 1 aliphatic carbocycles. The van der Waals surface area contributed by atoms with Crippen molar-refractivity contribution in [3.05, 3.63) is 23.5 Å². The molecule has 0 bridgehead atoms. The molecule has 12 heavy (non-hydrogen) atoms. The molecule has 1 unspecified atom stereocenters. The summed E-state index contributed by atoms with van der Waals surface area (Å²) in [5.74, 6) is -2.04. The Kier molecular flexibility index (Phi) is 2.23. The summed E-state index contributed by atoms with van der Waals surface area (Å²) < 4.78 is 0. The Balaban J connectivity index is 2.91. The number of rotatable bonds is 1. The van der Waals surface area contributed by atoms with E-state index in [1.54, 1.807) is 0 Å². The third-order valence-electron chi connectivity index (χ3n) is 1.79. The molecule has 0 saturated heterocycles. The fraction of sp³-hybridized carbons (Fsp3) is 0.500. The Labute approximate surface area is 70.1 Å². The molecule has 0 aromatic rings. The molecular formula is C8H12O4. The number of aliphatic hydroxyl groups is 4. The van der Waals surface area contributed by atoms with Crippen LogP contribution in [0.25, 0.3) is 0 Å². The predicted octanol–water partition coefficient (Wildman–Crippen LogP) is -0.180. The van der Waals surface area contributed by atoms with Crippen LogP contribution in [0.3, 0.4) is 0 Å². The summed E-state index contributed by atoms with van der Waals surface area (Å²) in [6.07, 6.45) is 1.22. The average Bonchev–Trinajstić information content (AvgIpc) is 1.94. The summed E-state index contributed by atoms with van der Waals surface area (Å²) in [4.78, 5) is 0. The third-order valence-corrected chi connectivity index (χ3v) is 1.79. The predicted molar refractivity (Wildman–Crippen MR) is 42.3 cm³/mol. The van der Waals surface area contributed by atoms with Crippen molar-refractivity contribution in [2.45, 2.75) is 25.2 Å². The van der Waals surface area contributed by atoms with Crippen LogP contribution in [0.15, 0.2) is 23.5 Å². The highest BCUT2D eigenvalue weighted by molar-refractivity contribution is 5.29. The smallest absolute Gasteiger partial charge is 0.187 e. The van der Waals surface area contributed by atoms with E-state index in [1.165, 1.54) is 13.0 Å². The first kappa shape index (κ1) is 9.25. The van der Waals surface area contributed by atoms with Crippen LogP contribution in [0.1, 0.15) is 13.3 Å². The van der Waals surface area contributed by atoms with Gasteiger partial charge in [-0.15, -0.1) is 0 Å². The molecule has 0 spiro atoms. The summed E-state index contributed by atoms with van der Waals surface area (Å²) in [6.45, 7) is 1.46. The van der Waals surface area contributed by atoms with Gasteiger partial charge in [0.2, 0.25) is 0 Å². The molecule has 4 heteroatoms. The second-order valence-corrected chi connectivity index (χ2v) is 2.98. The van der Waals surface area contributed by atoms with Gasteiger partial charge in [0, 0.05) is 12.0 Å². The van der Waals surface area contributed by atoms with Crippen molar-refractivity contribution in [1.29, 1.82) is 0 Å². The highest BCUT2D eigenvalue weighted by atomic mass is 16.5. The molecule has 0 aromatic carbocycles. The van der Waals surface area contributed by atoms with Crippen molar-refractivity contribution >= 4 is 0 Å². The minimum Gasteiger partial charge on any atom is -0.508 e. The lowest BCUT2D eigenvalue weighted by atomic mass is 9.95. The average molecular weight is 172 g/mol. The van der Waals surface area contributed by atoms with Crippen molar-refractivity contribution < 1.29 is 20.4 Å². The SMILES string of the molecule is CC(O)C1=C(O)C=CC(O)(O)C1. The quantitative estimate of drug-likeness (QED) is 0.414. The highest BCUT2D eigenvalue weighted by Crippen LogP contribution is 2.25. The fourth-order valence-electron chi connectivity index (χ4n) is 1.11. The van der Waals surface area contributed by atoms with Crippen molar-refractivity contribution in [2.75, 3.05) is 0 Å². The van der Waals surface area contributed by atoms with Gasteiger partial charge in [-0.25, -0.2) is 0 Å². The van der Waals surface area contributed by atoms with E-state index in [-0.39, 0.29) is 17.8 Å². The largest absolute Gasteiger partial charge is 0.508 e. The minimum atomic E-state index is -1.95. The van der Waals surface area contributed by atoms with E-state index in [0.717, 1.165) is 6.08 Å². The van der Waals surface area contributed by atoms with Crippen molar-refractivity contribution in [3.8, 4) is 0 Å². The van der Waals surface area contributed by atoms with Gasteiger partial charge in [0.25, 0.3) is 0 Å². The van der Waals surface area contributed by atoms with E-state index < -0.39 is 11.9 Å². The first-order valence-corrected chi connectivity index (χ1v) is 3.66. The van der Waals surface area contributed by atoms with Crippen LogP contribution in [-0.2, 0) is 0 Å². The van der Waals surface area contributed by atoms with Gasteiger partial charge < -0.3 is 20.4 Å². The molecule has 4 nitrogen and oxygen atoms in total. The van der Waals surface area contributed by atoms with Crippen LogP contribution in [0.5, 0.6) is 0 Å². The maximum Gasteiger partial charge on any atom is 0.187 e. The molecule has 0 radical (unpaired) electrons. The van der Waals surface area contributed by atoms with Crippen LogP contribution in [0.4, 0.5) is 0 Å². The highest BCUT2D eigenvalue weighted by Gasteiger charge is 2.28. The Morgan fingerprint density at radius 3 is 2.50 bits per heavy atom. The summed E-state index contributed by atoms with van der Waals surface area (Å²) in [5, 5.41) is 36.5. The Hall–Kier alpha value is -0.840. The van der Waals surface area contributed by atoms with Gasteiger partial charge in [-0.1, -0.05) is 0 Å². The third kappa shape index (κ3) is 1.85. The molecule has 0 heterocycles. The van der Waals surface area contributed by atoms with E-state index in [1.807, 2.05) is 0 Å². The first-order chi connectivity index (χ1) is 5.42. The van der Waals surface area contributed by atoms with Crippen molar-refractivity contribution in [1.82, 2.24) is 0 Å². The van der Waals surface area contributed by atoms with E-state index in [2.05, 4.69) is 0 Å². The van der Waals surface area contributed by atoms with Gasteiger partial charge in [0.15, 0.2) is 5.79 Å². The minimum absolute atomic E-state index is 0.0938. The van der Waals surface area contributed by atoms with Crippen LogP contribution in [0.2, 0.25) is 0 Å². The number of hydrogen-bond acceptors (Lipinski definition) is 4. The number of allylic oxidation sites excluding steroid dienone is 1. The Morgan fingerprint density at radius 2 is 2.08 bits per heavy atom. The van der Waals surface area contributed by atoms with Crippen LogP contribution >= 0.6 is 0 Å². The lowest BCUT2D eigenvalue weighted by Gasteiger charge is -2.24. The van der Waals surface area contributed by atoms with Crippen LogP contribution < -0.4 is 0 Å². The fourth-order valence-corrected chi connectivity index (χ4v) is 1.11. The first-order valence-electron chi connectivity index (χ1n) is 3.66. The molecule has 0 aromatic heterocycles. The summed E-state index contributed by atoms with van der Waals surface area (Å²) in [5.41, 5.74) is 0.238. The lowest BCUT2D eigenvalue weighted by Crippen LogP contribution is -2.30. The zero-order chi connectivity index (χ0) is 9.35. The Bertz CT molecular complexity index is 237. The van der Waals surface area contributed by atoms with Gasteiger partial charge in [0.1, 0.15) is 5.76 Å². The second-order valence-electron chi connectivity index (χ2n) is 2.98. The van der Waals surface area contributed by atoms with Gasteiger partial charge in [-0.2, -0.15) is 0 Å². The Morgan fingerprint density at radius 1 is 1.50 bits per heavy atom. The van der Waals surface area contributed by atoms with Gasteiger partial charge in [-0.3, -0.25) is 0 Å². The topological polar surface area (TPSA) is 80.9 Å². The summed E-state index contributed by atoms with van der Waals surface area (Å²) in [6, 6.07) is 0. The molecule has 1 rings (SSSR count). The molecule has 0 aliphatic heterocycles. The second kappa shape index (κ2) is 2.90. The van der Waals surface area contributed by atoms with E-state index in [4.69, 9.17) is 15.3 Å². The maximum atomic E-state index is 9.18. The summed E-state index contributed by atoms with van der Waals surface area (Å²) >= 11 is 0. The molecular weight excluding hydrogens is 160 g/mol. The summed E-state index contributed by atoms with van der Waals surface area (Å²) in [7, 11) is 0. The molecule has 4 N–H and O–H groups in total. The van der Waals surface area contributed by atoms with E-state index in [0.29, 0.717) is 0 Å². The van der Waals surface area contributed by atoms with E-state index >= 15 is 0 Å². The van der Waals surface area contributed by atoms with Crippen molar-refractivity contribution in [3.63, 3.8) is 0 Å². The van der Waals surface area contributed by atoms with Gasteiger partial charge >= 0.3 is 0 Å². The number of hydrogen-bond donors (Lipinski definition) is 4. The van der Waals surface area contributed by atoms with Crippen molar-refractivity contribution in [2.24, 2.45) is 0 Å². The lowest BCUT2D eigenvalue weighted by molar-refractivity contribution is -0.120. The zero-order valence-corrected chi connectivity index (χ0v) is 6.73. The molecule has 0 fully saturated rings. The monoisotopic (exact) mass is 172 g/mol. The molecule has 1 aliphatic rings. The molecule has 0 saturated carbocycles. The van der Waals surface area contributed by atoms with Crippen LogP contribution in [-0.4, -0.2) is 32.3 Å². The standard InChI is InChI=1S/C8H12O4/c1-5(9)6-4-8(11,12)3-2-7(6)10/h2-3,5,9-12H,4H2,1H3. The molecule has 68 valence electrons.